The quantitative estimate of drug-likeness (QED) is 0.803. The molecule has 0 saturated carbocycles. The smallest absolute Gasteiger partial charge is 0.0408 e. The number of benzene rings is 1. The van der Waals surface area contributed by atoms with Crippen LogP contribution in [-0.2, 0) is 6.42 Å². The van der Waals surface area contributed by atoms with Crippen molar-refractivity contribution in [2.45, 2.75) is 34.1 Å². The molecular formula is C15H24ClN. The summed E-state index contributed by atoms with van der Waals surface area (Å²) < 4.78 is 0. The van der Waals surface area contributed by atoms with Crippen LogP contribution in [0.2, 0.25) is 5.02 Å². The van der Waals surface area contributed by atoms with Crippen molar-refractivity contribution in [1.82, 2.24) is 5.32 Å². The van der Waals surface area contributed by atoms with Gasteiger partial charge in [0.05, 0.1) is 0 Å². The molecule has 1 nitrogen and oxygen atoms in total. The molecule has 0 aromatic heterocycles. The van der Waals surface area contributed by atoms with Crippen molar-refractivity contribution < 1.29 is 0 Å². The summed E-state index contributed by atoms with van der Waals surface area (Å²) in [5, 5.41) is 4.35. The van der Waals surface area contributed by atoms with Gasteiger partial charge in [0.2, 0.25) is 0 Å². The zero-order chi connectivity index (χ0) is 12.9. The highest BCUT2D eigenvalue weighted by atomic mass is 35.5. The molecular weight excluding hydrogens is 230 g/mol. The fourth-order valence-corrected chi connectivity index (χ4v) is 2.17. The summed E-state index contributed by atoms with van der Waals surface area (Å²) in [6.07, 6.45) is 1.05. The van der Waals surface area contributed by atoms with Crippen molar-refractivity contribution >= 4 is 11.6 Å². The van der Waals surface area contributed by atoms with E-state index in [0.29, 0.717) is 5.92 Å². The fraction of sp³-hybridized carbons (Fsp3) is 0.600. The Morgan fingerprint density at radius 2 is 2.00 bits per heavy atom. The van der Waals surface area contributed by atoms with Gasteiger partial charge in [-0.05, 0) is 42.0 Å². The Balaban J connectivity index is 2.48. The molecule has 0 saturated heterocycles. The van der Waals surface area contributed by atoms with Crippen LogP contribution >= 0.6 is 11.6 Å². The first-order chi connectivity index (χ1) is 7.89. The molecule has 1 rings (SSSR count). The first kappa shape index (κ1) is 14.5. The normalized spacial score (nSPS) is 12.1. The van der Waals surface area contributed by atoms with E-state index in [4.69, 9.17) is 11.6 Å². The van der Waals surface area contributed by atoms with E-state index in [-0.39, 0.29) is 5.41 Å². The van der Waals surface area contributed by atoms with E-state index in [1.165, 1.54) is 5.56 Å². The number of nitrogens with one attached hydrogen (secondary N) is 1. The van der Waals surface area contributed by atoms with E-state index in [0.717, 1.165) is 24.5 Å². The third-order valence-electron chi connectivity index (χ3n) is 2.73. The summed E-state index contributed by atoms with van der Waals surface area (Å²) in [6, 6.07) is 8.16. The van der Waals surface area contributed by atoms with Crippen LogP contribution in [0.4, 0.5) is 0 Å². The topological polar surface area (TPSA) is 12.0 Å². The maximum absolute atomic E-state index is 6.00. The molecule has 0 heterocycles. The van der Waals surface area contributed by atoms with Crippen LogP contribution < -0.4 is 5.32 Å². The summed E-state index contributed by atoms with van der Waals surface area (Å²) in [4.78, 5) is 0. The molecule has 0 aliphatic rings. The van der Waals surface area contributed by atoms with Gasteiger partial charge in [-0.15, -0.1) is 0 Å². The van der Waals surface area contributed by atoms with E-state index in [2.05, 4.69) is 45.1 Å². The lowest BCUT2D eigenvalue weighted by Gasteiger charge is -2.26. The van der Waals surface area contributed by atoms with Crippen molar-refractivity contribution in [1.29, 1.82) is 0 Å². The van der Waals surface area contributed by atoms with E-state index in [9.17, 15) is 0 Å². The number of rotatable bonds is 6. The minimum atomic E-state index is 0.263. The predicted molar refractivity (Wildman–Crippen MR) is 76.6 cm³/mol. The highest BCUT2D eigenvalue weighted by Gasteiger charge is 2.18. The van der Waals surface area contributed by atoms with Gasteiger partial charge < -0.3 is 5.32 Å². The van der Waals surface area contributed by atoms with Gasteiger partial charge in [-0.25, -0.2) is 0 Å². The highest BCUT2D eigenvalue weighted by molar-refractivity contribution is 6.30. The third-order valence-corrected chi connectivity index (χ3v) is 2.96. The van der Waals surface area contributed by atoms with Crippen LogP contribution in [0.15, 0.2) is 24.3 Å². The molecule has 0 radical (unpaired) electrons. The molecule has 1 N–H and O–H groups in total. The molecule has 0 unspecified atom stereocenters. The minimum Gasteiger partial charge on any atom is -0.316 e. The average molecular weight is 254 g/mol. The maximum atomic E-state index is 6.00. The Morgan fingerprint density at radius 3 is 2.59 bits per heavy atom. The second-order valence-electron chi connectivity index (χ2n) is 6.00. The van der Waals surface area contributed by atoms with Crippen molar-refractivity contribution in [2.24, 2.45) is 11.3 Å². The molecule has 0 aliphatic heterocycles. The van der Waals surface area contributed by atoms with E-state index in [1.54, 1.807) is 0 Å². The van der Waals surface area contributed by atoms with Gasteiger partial charge >= 0.3 is 0 Å². The van der Waals surface area contributed by atoms with Crippen molar-refractivity contribution in [2.75, 3.05) is 13.1 Å². The molecule has 17 heavy (non-hydrogen) atoms. The van der Waals surface area contributed by atoms with Crippen LogP contribution in [0.5, 0.6) is 0 Å². The second kappa shape index (κ2) is 6.42. The largest absolute Gasteiger partial charge is 0.316 e. The standard InChI is InChI=1S/C15H24ClN/c1-12(2)10-17-11-15(3,4)9-13-6-5-7-14(16)8-13/h5-8,12,17H,9-11H2,1-4H3. The van der Waals surface area contributed by atoms with Crippen molar-refractivity contribution in [3.8, 4) is 0 Å². The van der Waals surface area contributed by atoms with E-state index in [1.807, 2.05) is 12.1 Å². The molecule has 0 bridgehead atoms. The van der Waals surface area contributed by atoms with E-state index < -0.39 is 0 Å². The third kappa shape index (κ3) is 6.09. The molecule has 0 atom stereocenters. The van der Waals surface area contributed by atoms with Gasteiger partial charge in [-0.2, -0.15) is 0 Å². The molecule has 1 aromatic carbocycles. The molecule has 0 spiro atoms. The molecule has 0 amide bonds. The molecule has 1 aromatic rings. The Morgan fingerprint density at radius 1 is 1.29 bits per heavy atom. The summed E-state index contributed by atoms with van der Waals surface area (Å²) in [5.74, 6) is 0.706. The number of hydrogen-bond acceptors (Lipinski definition) is 1. The first-order valence-electron chi connectivity index (χ1n) is 6.34. The Bertz CT molecular complexity index is 345. The first-order valence-corrected chi connectivity index (χ1v) is 6.72. The molecule has 0 aliphatic carbocycles. The maximum Gasteiger partial charge on any atom is 0.0408 e. The van der Waals surface area contributed by atoms with E-state index >= 15 is 0 Å². The summed E-state index contributed by atoms with van der Waals surface area (Å²) in [6.45, 7) is 11.2. The van der Waals surface area contributed by atoms with Gasteiger partial charge in [-0.3, -0.25) is 0 Å². The average Bonchev–Trinajstić information content (AvgIpc) is 2.15. The number of hydrogen-bond donors (Lipinski definition) is 1. The molecule has 2 heteroatoms. The van der Waals surface area contributed by atoms with Gasteiger partial charge in [0.1, 0.15) is 0 Å². The zero-order valence-corrected chi connectivity index (χ0v) is 12.1. The zero-order valence-electron chi connectivity index (χ0n) is 11.4. The lowest BCUT2D eigenvalue weighted by Crippen LogP contribution is -2.33. The minimum absolute atomic E-state index is 0.263. The van der Waals surface area contributed by atoms with Gasteiger partial charge in [0.25, 0.3) is 0 Å². The lowest BCUT2D eigenvalue weighted by atomic mass is 9.85. The van der Waals surface area contributed by atoms with Crippen LogP contribution in [0.25, 0.3) is 0 Å². The second-order valence-corrected chi connectivity index (χ2v) is 6.43. The van der Waals surface area contributed by atoms with Crippen molar-refractivity contribution in [3.05, 3.63) is 34.9 Å². The van der Waals surface area contributed by atoms with Crippen molar-refractivity contribution in [3.63, 3.8) is 0 Å². The highest BCUT2D eigenvalue weighted by Crippen LogP contribution is 2.22. The number of halogens is 1. The Labute approximate surface area is 111 Å². The summed E-state index contributed by atoms with van der Waals surface area (Å²) in [7, 11) is 0. The van der Waals surface area contributed by atoms with Crippen LogP contribution in [0.3, 0.4) is 0 Å². The lowest BCUT2D eigenvalue weighted by molar-refractivity contribution is 0.330. The Hall–Kier alpha value is -0.530. The van der Waals surface area contributed by atoms with Crippen LogP contribution in [0, 0.1) is 11.3 Å². The van der Waals surface area contributed by atoms with Gasteiger partial charge in [0, 0.05) is 11.6 Å². The molecule has 0 fully saturated rings. The monoisotopic (exact) mass is 253 g/mol. The summed E-state index contributed by atoms with van der Waals surface area (Å²) >= 11 is 6.00. The van der Waals surface area contributed by atoms with Gasteiger partial charge in [-0.1, -0.05) is 51.4 Å². The molecule has 96 valence electrons. The Kier molecular flexibility index (Phi) is 5.48. The van der Waals surface area contributed by atoms with Gasteiger partial charge in [0.15, 0.2) is 0 Å². The fourth-order valence-electron chi connectivity index (χ4n) is 1.96. The summed E-state index contributed by atoms with van der Waals surface area (Å²) in [5.41, 5.74) is 1.58. The SMILES string of the molecule is CC(C)CNCC(C)(C)Cc1cccc(Cl)c1. The predicted octanol–water partition coefficient (Wildman–Crippen LogP) is 4.15. The van der Waals surface area contributed by atoms with Crippen LogP contribution in [0.1, 0.15) is 33.3 Å². The van der Waals surface area contributed by atoms with Crippen LogP contribution in [-0.4, -0.2) is 13.1 Å².